The molecule has 2 nitrogen and oxygen atoms in total. The monoisotopic (exact) mass is 162 g/mol. The first-order valence-electron chi connectivity index (χ1n) is 2.28. The van der Waals surface area contributed by atoms with Crippen LogP contribution in [0.2, 0.25) is 0 Å². The van der Waals surface area contributed by atoms with Crippen LogP contribution in [0.1, 0.15) is 6.42 Å². The Morgan fingerprint density at radius 1 is 1.86 bits per heavy atom. The number of nitrogens with zero attached hydrogens (tertiary/aromatic N) is 1. The highest BCUT2D eigenvalue weighted by molar-refractivity contribution is 9.09. The molecule has 40 valence electrons. The molecule has 0 saturated carbocycles. The van der Waals surface area contributed by atoms with Crippen LogP contribution in [0.4, 0.5) is 0 Å². The van der Waals surface area contributed by atoms with Crippen LogP contribution in [0.5, 0.6) is 0 Å². The number of hydrogen-bond acceptors (Lipinski definition) is 2. The highest BCUT2D eigenvalue weighted by Gasteiger charge is 2.02. The van der Waals surface area contributed by atoms with E-state index in [1.54, 1.807) is 0 Å². The summed E-state index contributed by atoms with van der Waals surface area (Å²) in [6, 6.07) is 0. The van der Waals surface area contributed by atoms with Crippen LogP contribution in [-0.4, -0.2) is 17.6 Å². The summed E-state index contributed by atoms with van der Waals surface area (Å²) in [6.07, 6.45) is 2.93. The van der Waals surface area contributed by atoms with Crippen molar-refractivity contribution in [3.8, 4) is 0 Å². The van der Waals surface area contributed by atoms with E-state index in [0.717, 1.165) is 13.0 Å². The number of nitrogens with one attached hydrogen (secondary N) is 1. The first-order valence-corrected chi connectivity index (χ1v) is 3.19. The van der Waals surface area contributed by atoms with Gasteiger partial charge >= 0.3 is 0 Å². The maximum Gasteiger partial charge on any atom is 0.0458 e. The summed E-state index contributed by atoms with van der Waals surface area (Å²) in [5.41, 5.74) is 2.86. The molecule has 0 bridgehead atoms. The second kappa shape index (κ2) is 2.31. The van der Waals surface area contributed by atoms with E-state index in [0.29, 0.717) is 4.83 Å². The summed E-state index contributed by atoms with van der Waals surface area (Å²) in [5.74, 6) is 0. The number of alkyl halides is 1. The second-order valence-corrected chi connectivity index (χ2v) is 2.80. The van der Waals surface area contributed by atoms with Crippen LogP contribution < -0.4 is 5.43 Å². The van der Waals surface area contributed by atoms with Gasteiger partial charge in [0.25, 0.3) is 0 Å². The normalized spacial score (nSPS) is 29.6. The molecular weight excluding hydrogens is 156 g/mol. The van der Waals surface area contributed by atoms with Crippen molar-refractivity contribution < 1.29 is 0 Å². The molecule has 3 heteroatoms. The molecule has 1 unspecified atom stereocenters. The summed E-state index contributed by atoms with van der Waals surface area (Å²) in [5, 5.41) is 3.82. The fraction of sp³-hybridized carbons (Fsp3) is 0.750. The molecule has 7 heavy (non-hydrogen) atoms. The molecule has 1 atom stereocenters. The van der Waals surface area contributed by atoms with Crippen LogP contribution in [0.25, 0.3) is 0 Å². The van der Waals surface area contributed by atoms with E-state index in [4.69, 9.17) is 0 Å². The van der Waals surface area contributed by atoms with Crippen molar-refractivity contribution in [2.24, 2.45) is 5.10 Å². The Balaban J connectivity index is 2.32. The van der Waals surface area contributed by atoms with Gasteiger partial charge in [-0.3, -0.25) is 0 Å². The molecule has 0 saturated heterocycles. The van der Waals surface area contributed by atoms with E-state index >= 15 is 0 Å². The van der Waals surface area contributed by atoms with E-state index in [1.165, 1.54) is 0 Å². The third-order valence-electron chi connectivity index (χ3n) is 0.857. The Labute approximate surface area is 51.1 Å². The molecule has 0 aromatic heterocycles. The molecule has 1 aliphatic heterocycles. The van der Waals surface area contributed by atoms with Crippen molar-refractivity contribution in [2.45, 2.75) is 11.2 Å². The van der Waals surface area contributed by atoms with Gasteiger partial charge in [0.1, 0.15) is 0 Å². The van der Waals surface area contributed by atoms with E-state index < -0.39 is 0 Å². The third-order valence-corrected chi connectivity index (χ3v) is 1.55. The maximum absolute atomic E-state index is 3.82. The first kappa shape index (κ1) is 5.09. The highest BCUT2D eigenvalue weighted by atomic mass is 79.9. The van der Waals surface area contributed by atoms with Gasteiger partial charge in [0.05, 0.1) is 0 Å². The molecule has 1 heterocycles. The quantitative estimate of drug-likeness (QED) is 0.523. The lowest BCUT2D eigenvalue weighted by Crippen LogP contribution is -2.22. The van der Waals surface area contributed by atoms with Gasteiger partial charge in [-0.25, -0.2) is 0 Å². The molecule has 0 spiro atoms. The zero-order valence-electron chi connectivity index (χ0n) is 3.89. The maximum atomic E-state index is 3.82. The van der Waals surface area contributed by atoms with Gasteiger partial charge < -0.3 is 5.43 Å². The van der Waals surface area contributed by atoms with Crippen LogP contribution in [0.3, 0.4) is 0 Å². The molecule has 0 aromatic rings. The van der Waals surface area contributed by atoms with Crippen molar-refractivity contribution in [2.75, 3.05) is 6.54 Å². The minimum absolute atomic E-state index is 0.588. The van der Waals surface area contributed by atoms with Crippen molar-refractivity contribution in [1.29, 1.82) is 0 Å². The summed E-state index contributed by atoms with van der Waals surface area (Å²) in [6.45, 7) is 0.955. The zero-order chi connectivity index (χ0) is 5.11. The minimum atomic E-state index is 0.588. The van der Waals surface area contributed by atoms with Crippen LogP contribution in [-0.2, 0) is 0 Å². The SMILES string of the molecule is BrC1CC=NNC1. The number of hydrogen-bond donors (Lipinski definition) is 1. The Morgan fingerprint density at radius 2 is 2.71 bits per heavy atom. The lowest BCUT2D eigenvalue weighted by molar-refractivity contribution is 0.690. The summed E-state index contributed by atoms with van der Waals surface area (Å²) in [4.78, 5) is 0.588. The Bertz CT molecular complexity index is 81.8. The predicted molar refractivity (Wildman–Crippen MR) is 33.8 cm³/mol. The first-order chi connectivity index (χ1) is 3.39. The van der Waals surface area contributed by atoms with Crippen molar-refractivity contribution in [3.63, 3.8) is 0 Å². The van der Waals surface area contributed by atoms with Gasteiger partial charge in [0.2, 0.25) is 0 Å². The highest BCUT2D eigenvalue weighted by Crippen LogP contribution is 2.03. The van der Waals surface area contributed by atoms with Gasteiger partial charge in [-0.2, -0.15) is 5.10 Å². The van der Waals surface area contributed by atoms with Crippen molar-refractivity contribution >= 4 is 22.1 Å². The molecule has 0 aromatic carbocycles. The van der Waals surface area contributed by atoms with Gasteiger partial charge in [-0.05, 0) is 6.42 Å². The summed E-state index contributed by atoms with van der Waals surface area (Å²) >= 11 is 3.43. The largest absolute Gasteiger partial charge is 0.309 e. The summed E-state index contributed by atoms with van der Waals surface area (Å²) < 4.78 is 0. The van der Waals surface area contributed by atoms with Gasteiger partial charge in [0.15, 0.2) is 0 Å². The molecule has 1 rings (SSSR count). The molecule has 0 fully saturated rings. The molecule has 0 radical (unpaired) electrons. The van der Waals surface area contributed by atoms with Crippen molar-refractivity contribution in [3.05, 3.63) is 0 Å². The molecule has 0 amide bonds. The number of halogens is 1. The van der Waals surface area contributed by atoms with E-state index in [9.17, 15) is 0 Å². The molecule has 1 aliphatic rings. The molecule has 0 aliphatic carbocycles. The second-order valence-electron chi connectivity index (χ2n) is 1.51. The average molecular weight is 163 g/mol. The number of hydrazone groups is 1. The fourth-order valence-corrected chi connectivity index (χ4v) is 0.779. The molecule has 1 N–H and O–H groups in total. The van der Waals surface area contributed by atoms with Gasteiger partial charge in [0, 0.05) is 17.6 Å². The van der Waals surface area contributed by atoms with Crippen LogP contribution in [0, 0.1) is 0 Å². The fourth-order valence-electron chi connectivity index (χ4n) is 0.467. The smallest absolute Gasteiger partial charge is 0.0458 e. The lowest BCUT2D eigenvalue weighted by Gasteiger charge is -2.09. The lowest BCUT2D eigenvalue weighted by atomic mass is 10.3. The van der Waals surface area contributed by atoms with Crippen LogP contribution in [0.15, 0.2) is 5.10 Å². The van der Waals surface area contributed by atoms with Gasteiger partial charge in [-0.15, -0.1) is 0 Å². The summed E-state index contributed by atoms with van der Waals surface area (Å²) in [7, 11) is 0. The zero-order valence-corrected chi connectivity index (χ0v) is 5.48. The average Bonchev–Trinajstić information content (AvgIpc) is 1.69. The Hall–Kier alpha value is -0.0500. The standard InChI is InChI=1S/C4H7BrN2/c5-4-1-2-6-7-3-4/h2,4,7H,1,3H2. The Kier molecular flexibility index (Phi) is 1.68. The molecular formula is C4H7BrN2. The Morgan fingerprint density at radius 3 is 3.00 bits per heavy atom. The minimum Gasteiger partial charge on any atom is -0.309 e. The van der Waals surface area contributed by atoms with Gasteiger partial charge in [-0.1, -0.05) is 15.9 Å². The van der Waals surface area contributed by atoms with E-state index in [2.05, 4.69) is 26.5 Å². The van der Waals surface area contributed by atoms with Crippen LogP contribution >= 0.6 is 15.9 Å². The predicted octanol–water partition coefficient (Wildman–Crippen LogP) is 0.729. The van der Waals surface area contributed by atoms with Crippen molar-refractivity contribution in [1.82, 2.24) is 5.43 Å². The topological polar surface area (TPSA) is 24.4 Å². The number of rotatable bonds is 0. The van der Waals surface area contributed by atoms with E-state index in [1.807, 2.05) is 6.21 Å². The van der Waals surface area contributed by atoms with E-state index in [-0.39, 0.29) is 0 Å². The third kappa shape index (κ3) is 1.47.